The van der Waals surface area contributed by atoms with Crippen LogP contribution in [0, 0.1) is 0 Å². The predicted molar refractivity (Wildman–Crippen MR) is 102 cm³/mol. The predicted octanol–water partition coefficient (Wildman–Crippen LogP) is 3.25. The Hall–Kier alpha value is -2.82. The van der Waals surface area contributed by atoms with E-state index in [9.17, 15) is 9.59 Å². The first-order valence-corrected chi connectivity index (χ1v) is 8.84. The number of hydrogen-bond donors (Lipinski definition) is 2. The van der Waals surface area contributed by atoms with Crippen LogP contribution in [0.1, 0.15) is 47.7 Å². The van der Waals surface area contributed by atoms with Crippen LogP contribution in [-0.2, 0) is 11.3 Å². The van der Waals surface area contributed by atoms with E-state index in [-0.39, 0.29) is 18.4 Å². The number of carbonyl (C=O) groups is 2. The molecule has 1 atom stereocenters. The van der Waals surface area contributed by atoms with Crippen LogP contribution in [-0.4, -0.2) is 25.5 Å². The van der Waals surface area contributed by atoms with Crippen LogP contribution in [0.3, 0.4) is 0 Å². The molecule has 0 spiro atoms. The first-order chi connectivity index (χ1) is 12.5. The monoisotopic (exact) mass is 354 g/mol. The Balaban J connectivity index is 1.85. The molecule has 0 aliphatic rings. The number of hydrogen-bond acceptors (Lipinski definition) is 3. The first kappa shape index (κ1) is 19.5. The normalized spacial score (nSPS) is 11.5. The second-order valence-corrected chi connectivity index (χ2v) is 6.19. The second-order valence-electron chi connectivity index (χ2n) is 6.19. The molecule has 0 fully saturated rings. The fraction of sp³-hybridized carbons (Fsp3) is 0.333. The molecule has 0 saturated heterocycles. The third-order valence-corrected chi connectivity index (χ3v) is 4.35. The van der Waals surface area contributed by atoms with E-state index in [1.807, 2.05) is 36.4 Å². The Labute approximate surface area is 154 Å². The second kappa shape index (κ2) is 9.61. The molecular weight excluding hydrogens is 328 g/mol. The molecule has 0 aliphatic carbocycles. The zero-order valence-electron chi connectivity index (χ0n) is 15.5. The first-order valence-electron chi connectivity index (χ1n) is 8.84. The average molecular weight is 354 g/mol. The van der Waals surface area contributed by atoms with Gasteiger partial charge in [0.1, 0.15) is 5.75 Å². The smallest absolute Gasteiger partial charge is 0.258 e. The van der Waals surface area contributed by atoms with E-state index >= 15 is 0 Å². The van der Waals surface area contributed by atoms with Crippen molar-refractivity contribution < 1.29 is 14.3 Å². The molecule has 5 nitrogen and oxygen atoms in total. The number of carbonyl (C=O) groups excluding carboxylic acids is 2. The Morgan fingerprint density at radius 3 is 2.42 bits per heavy atom. The maximum atomic E-state index is 12.1. The van der Waals surface area contributed by atoms with Gasteiger partial charge < -0.3 is 15.4 Å². The molecule has 2 rings (SSSR count). The average Bonchev–Trinajstić information content (AvgIpc) is 2.70. The lowest BCUT2D eigenvalue weighted by Crippen LogP contribution is -2.28. The Morgan fingerprint density at radius 2 is 1.77 bits per heavy atom. The summed E-state index contributed by atoms with van der Waals surface area (Å²) in [5.41, 5.74) is 2.63. The van der Waals surface area contributed by atoms with Gasteiger partial charge in [-0.25, -0.2) is 0 Å². The maximum absolute atomic E-state index is 12.1. The highest BCUT2D eigenvalue weighted by molar-refractivity contribution is 5.93. The Bertz CT molecular complexity index is 741. The van der Waals surface area contributed by atoms with E-state index in [4.69, 9.17) is 4.74 Å². The lowest BCUT2D eigenvalue weighted by atomic mass is 9.98. The number of benzene rings is 2. The largest absolute Gasteiger partial charge is 0.483 e. The molecule has 5 heteroatoms. The quantitative estimate of drug-likeness (QED) is 0.765. The highest BCUT2D eigenvalue weighted by Gasteiger charge is 2.11. The van der Waals surface area contributed by atoms with Gasteiger partial charge in [0.25, 0.3) is 11.8 Å². The van der Waals surface area contributed by atoms with Crippen molar-refractivity contribution in [3.63, 3.8) is 0 Å². The van der Waals surface area contributed by atoms with Crippen molar-refractivity contribution in [1.29, 1.82) is 0 Å². The minimum atomic E-state index is -0.181. The van der Waals surface area contributed by atoms with Gasteiger partial charge in [0.15, 0.2) is 6.61 Å². The summed E-state index contributed by atoms with van der Waals surface area (Å²) in [7, 11) is 1.59. The van der Waals surface area contributed by atoms with Gasteiger partial charge in [-0.1, -0.05) is 44.2 Å². The van der Waals surface area contributed by atoms with Crippen LogP contribution >= 0.6 is 0 Å². The van der Waals surface area contributed by atoms with Crippen LogP contribution in [0.2, 0.25) is 0 Å². The van der Waals surface area contributed by atoms with E-state index in [0.717, 1.165) is 23.3 Å². The molecule has 0 aliphatic heterocycles. The summed E-state index contributed by atoms with van der Waals surface area (Å²) in [6.45, 7) is 4.64. The van der Waals surface area contributed by atoms with Crippen LogP contribution in [0.4, 0.5) is 0 Å². The van der Waals surface area contributed by atoms with Gasteiger partial charge in [-0.15, -0.1) is 0 Å². The van der Waals surface area contributed by atoms with Crippen molar-refractivity contribution in [1.82, 2.24) is 10.6 Å². The van der Waals surface area contributed by atoms with Crippen molar-refractivity contribution in [3.05, 3.63) is 65.2 Å². The molecule has 2 N–H and O–H groups in total. The molecule has 0 aromatic heterocycles. The molecule has 2 amide bonds. The van der Waals surface area contributed by atoms with Gasteiger partial charge in [0.05, 0.1) is 0 Å². The highest BCUT2D eigenvalue weighted by Crippen LogP contribution is 2.28. The van der Waals surface area contributed by atoms with E-state index in [1.165, 1.54) is 0 Å². The van der Waals surface area contributed by atoms with E-state index in [0.29, 0.717) is 18.0 Å². The molecule has 138 valence electrons. The van der Waals surface area contributed by atoms with Gasteiger partial charge in [0.2, 0.25) is 0 Å². The molecule has 0 heterocycles. The molecule has 0 saturated carbocycles. The van der Waals surface area contributed by atoms with Crippen molar-refractivity contribution in [2.75, 3.05) is 13.7 Å². The Kier molecular flexibility index (Phi) is 7.21. The van der Waals surface area contributed by atoms with Crippen LogP contribution in [0.5, 0.6) is 5.75 Å². The number of nitrogens with one attached hydrogen (secondary N) is 2. The van der Waals surface area contributed by atoms with Crippen molar-refractivity contribution >= 4 is 11.8 Å². The van der Waals surface area contributed by atoms with Gasteiger partial charge in [-0.05, 0) is 41.7 Å². The molecule has 2 aromatic rings. The van der Waals surface area contributed by atoms with Crippen molar-refractivity contribution in [3.8, 4) is 5.75 Å². The number of rotatable bonds is 8. The summed E-state index contributed by atoms with van der Waals surface area (Å²) in [4.78, 5) is 23.6. The van der Waals surface area contributed by atoms with Gasteiger partial charge in [-0.2, -0.15) is 0 Å². The third-order valence-electron chi connectivity index (χ3n) is 4.35. The van der Waals surface area contributed by atoms with Crippen LogP contribution < -0.4 is 15.4 Å². The van der Waals surface area contributed by atoms with E-state index in [1.54, 1.807) is 19.2 Å². The molecule has 26 heavy (non-hydrogen) atoms. The molecular formula is C21H26N2O3. The van der Waals surface area contributed by atoms with Gasteiger partial charge in [0, 0.05) is 19.2 Å². The summed E-state index contributed by atoms with van der Waals surface area (Å²) in [6.07, 6.45) is 1.01. The van der Waals surface area contributed by atoms with Crippen LogP contribution in [0.25, 0.3) is 0 Å². The summed E-state index contributed by atoms with van der Waals surface area (Å²) in [5.74, 6) is 0.827. The topological polar surface area (TPSA) is 67.4 Å². The summed E-state index contributed by atoms with van der Waals surface area (Å²) in [6, 6.07) is 14.9. The van der Waals surface area contributed by atoms with E-state index in [2.05, 4.69) is 24.5 Å². The molecule has 0 radical (unpaired) electrons. The molecule has 2 aromatic carbocycles. The third kappa shape index (κ3) is 5.34. The summed E-state index contributed by atoms with van der Waals surface area (Å²) >= 11 is 0. The Morgan fingerprint density at radius 1 is 1.08 bits per heavy atom. The van der Waals surface area contributed by atoms with Crippen molar-refractivity contribution in [2.24, 2.45) is 0 Å². The lowest BCUT2D eigenvalue weighted by molar-refractivity contribution is -0.123. The summed E-state index contributed by atoms with van der Waals surface area (Å²) < 4.78 is 5.71. The van der Waals surface area contributed by atoms with Crippen LogP contribution in [0.15, 0.2) is 48.5 Å². The summed E-state index contributed by atoms with van der Waals surface area (Å²) in [5, 5.41) is 5.40. The van der Waals surface area contributed by atoms with E-state index < -0.39 is 0 Å². The SMILES string of the molecule is CCC(C)c1ccccc1OCC(=O)NCc1ccc(C(=O)NC)cc1. The number of ether oxygens (including phenoxy) is 1. The highest BCUT2D eigenvalue weighted by atomic mass is 16.5. The fourth-order valence-corrected chi connectivity index (χ4v) is 2.55. The number of para-hydroxylation sites is 1. The minimum absolute atomic E-state index is 0.0240. The maximum Gasteiger partial charge on any atom is 0.258 e. The lowest BCUT2D eigenvalue weighted by Gasteiger charge is -2.15. The standard InChI is InChI=1S/C21H26N2O3/c1-4-15(2)18-7-5-6-8-19(18)26-14-20(24)23-13-16-9-11-17(12-10-16)21(25)22-3/h5-12,15H,4,13-14H2,1-3H3,(H,22,25)(H,23,24). The minimum Gasteiger partial charge on any atom is -0.483 e. The van der Waals surface area contributed by atoms with Gasteiger partial charge >= 0.3 is 0 Å². The fourth-order valence-electron chi connectivity index (χ4n) is 2.55. The zero-order chi connectivity index (χ0) is 18.9. The zero-order valence-corrected chi connectivity index (χ0v) is 15.5. The number of amides is 2. The van der Waals surface area contributed by atoms with Crippen molar-refractivity contribution in [2.45, 2.75) is 32.7 Å². The molecule has 1 unspecified atom stereocenters. The van der Waals surface area contributed by atoms with Gasteiger partial charge in [-0.3, -0.25) is 9.59 Å². The molecule has 0 bridgehead atoms.